The van der Waals surface area contributed by atoms with Crippen molar-refractivity contribution in [2.45, 2.75) is 25.3 Å². The molecule has 0 radical (unpaired) electrons. The third-order valence-electron chi connectivity index (χ3n) is 4.72. The molecule has 114 valence electrons. The van der Waals surface area contributed by atoms with Crippen LogP contribution in [0.2, 0.25) is 0 Å². The van der Waals surface area contributed by atoms with Crippen molar-refractivity contribution in [3.8, 4) is 0 Å². The van der Waals surface area contributed by atoms with Gasteiger partial charge in [-0.2, -0.15) is 0 Å². The van der Waals surface area contributed by atoms with Crippen molar-refractivity contribution >= 4 is 12.0 Å². The minimum absolute atomic E-state index is 0.157. The van der Waals surface area contributed by atoms with Crippen LogP contribution in [0.5, 0.6) is 0 Å². The van der Waals surface area contributed by atoms with Crippen LogP contribution in [0.4, 0.5) is 4.79 Å². The lowest BCUT2D eigenvalue weighted by atomic mass is 9.84. The Balaban J connectivity index is 1.91. The van der Waals surface area contributed by atoms with E-state index in [4.69, 9.17) is 0 Å². The number of hydrogen-bond acceptors (Lipinski definition) is 3. The van der Waals surface area contributed by atoms with Gasteiger partial charge in [0.05, 0.1) is 5.92 Å². The minimum atomic E-state index is -0.765. The summed E-state index contributed by atoms with van der Waals surface area (Å²) in [5.41, 5.74) is 0. The Kier molecular flexibility index (Phi) is 4.52. The summed E-state index contributed by atoms with van der Waals surface area (Å²) < 4.78 is 0. The van der Waals surface area contributed by atoms with E-state index in [-0.39, 0.29) is 18.0 Å². The van der Waals surface area contributed by atoms with Crippen LogP contribution in [-0.4, -0.2) is 67.2 Å². The number of carbonyl (C=O) groups excluding carboxylic acids is 1. The Morgan fingerprint density at radius 2 is 1.80 bits per heavy atom. The van der Waals surface area contributed by atoms with Crippen molar-refractivity contribution in [1.82, 2.24) is 15.1 Å². The van der Waals surface area contributed by atoms with Crippen LogP contribution in [0.1, 0.15) is 19.3 Å². The number of carboxylic acid groups (broad SMARTS) is 1. The highest BCUT2D eigenvalue weighted by molar-refractivity contribution is 5.77. The Morgan fingerprint density at radius 3 is 2.40 bits per heavy atom. The largest absolute Gasteiger partial charge is 0.481 e. The quantitative estimate of drug-likeness (QED) is 0.778. The SMILES string of the molecule is CN(C)CCN(C)C(=O)NC1C2CCC(C2)C1C(=O)O. The van der Waals surface area contributed by atoms with E-state index < -0.39 is 11.9 Å². The molecular weight excluding hydrogens is 258 g/mol. The Labute approximate surface area is 120 Å². The molecule has 2 N–H and O–H groups in total. The molecule has 6 heteroatoms. The van der Waals surface area contributed by atoms with Crippen molar-refractivity contribution in [1.29, 1.82) is 0 Å². The van der Waals surface area contributed by atoms with Gasteiger partial charge in [-0.15, -0.1) is 0 Å². The van der Waals surface area contributed by atoms with Gasteiger partial charge in [-0.1, -0.05) is 0 Å². The first-order valence-corrected chi connectivity index (χ1v) is 7.29. The first kappa shape index (κ1) is 15.1. The second-order valence-electron chi connectivity index (χ2n) is 6.40. The van der Waals surface area contributed by atoms with Crippen molar-refractivity contribution in [3.63, 3.8) is 0 Å². The molecule has 2 fully saturated rings. The summed E-state index contributed by atoms with van der Waals surface area (Å²) in [5, 5.41) is 12.3. The Hall–Kier alpha value is -1.30. The van der Waals surface area contributed by atoms with Gasteiger partial charge in [-0.05, 0) is 45.2 Å². The van der Waals surface area contributed by atoms with Crippen LogP contribution in [0, 0.1) is 17.8 Å². The summed E-state index contributed by atoms with van der Waals surface area (Å²) >= 11 is 0. The number of aliphatic carboxylic acids is 1. The normalized spacial score (nSPS) is 31.6. The molecule has 2 aliphatic rings. The number of nitrogens with one attached hydrogen (secondary N) is 1. The number of amides is 2. The summed E-state index contributed by atoms with van der Waals surface area (Å²) in [6, 6.07) is -0.351. The molecular formula is C14H25N3O3. The fourth-order valence-electron chi connectivity index (χ4n) is 3.56. The van der Waals surface area contributed by atoms with Gasteiger partial charge in [-0.3, -0.25) is 4.79 Å². The summed E-state index contributed by atoms with van der Waals surface area (Å²) in [6.45, 7) is 1.43. The highest BCUT2D eigenvalue weighted by atomic mass is 16.4. The maximum absolute atomic E-state index is 12.2. The lowest BCUT2D eigenvalue weighted by molar-refractivity contribution is -0.144. The van der Waals surface area contributed by atoms with E-state index in [1.165, 1.54) is 0 Å². The number of rotatable bonds is 5. The molecule has 2 rings (SSSR count). The van der Waals surface area contributed by atoms with Crippen LogP contribution < -0.4 is 5.32 Å². The molecule has 2 saturated carbocycles. The Bertz CT molecular complexity index is 386. The molecule has 0 heterocycles. The highest BCUT2D eigenvalue weighted by Crippen LogP contribution is 2.48. The third kappa shape index (κ3) is 3.06. The molecule has 4 atom stereocenters. The van der Waals surface area contributed by atoms with Crippen molar-refractivity contribution in [2.24, 2.45) is 17.8 Å². The van der Waals surface area contributed by atoms with Gasteiger partial charge >= 0.3 is 12.0 Å². The topological polar surface area (TPSA) is 72.9 Å². The van der Waals surface area contributed by atoms with Gasteiger partial charge in [-0.25, -0.2) is 4.79 Å². The molecule has 0 aliphatic heterocycles. The lowest BCUT2D eigenvalue weighted by Gasteiger charge is -2.31. The molecule has 2 aliphatic carbocycles. The van der Waals surface area contributed by atoms with Crippen LogP contribution in [-0.2, 0) is 4.79 Å². The second kappa shape index (κ2) is 5.99. The smallest absolute Gasteiger partial charge is 0.317 e. The molecule has 4 unspecified atom stereocenters. The van der Waals surface area contributed by atoms with E-state index in [1.807, 2.05) is 19.0 Å². The van der Waals surface area contributed by atoms with Crippen molar-refractivity contribution in [2.75, 3.05) is 34.2 Å². The highest BCUT2D eigenvalue weighted by Gasteiger charge is 2.51. The van der Waals surface area contributed by atoms with E-state index in [0.717, 1.165) is 25.8 Å². The number of nitrogens with zero attached hydrogens (tertiary/aromatic N) is 2. The molecule has 2 bridgehead atoms. The van der Waals surface area contributed by atoms with Gasteiger partial charge < -0.3 is 20.2 Å². The average Bonchev–Trinajstić information content (AvgIpc) is 2.96. The third-order valence-corrected chi connectivity index (χ3v) is 4.72. The zero-order chi connectivity index (χ0) is 14.9. The number of urea groups is 1. The molecule has 0 aromatic heterocycles. The van der Waals surface area contributed by atoms with Crippen LogP contribution in [0.3, 0.4) is 0 Å². The van der Waals surface area contributed by atoms with E-state index in [9.17, 15) is 14.7 Å². The zero-order valence-corrected chi connectivity index (χ0v) is 12.5. The van der Waals surface area contributed by atoms with E-state index in [2.05, 4.69) is 5.32 Å². The predicted molar refractivity (Wildman–Crippen MR) is 75.5 cm³/mol. The van der Waals surface area contributed by atoms with Gasteiger partial charge in [0.15, 0.2) is 0 Å². The molecule has 0 saturated heterocycles. The number of hydrogen-bond donors (Lipinski definition) is 2. The van der Waals surface area contributed by atoms with Crippen LogP contribution in [0.15, 0.2) is 0 Å². The van der Waals surface area contributed by atoms with Crippen molar-refractivity contribution in [3.05, 3.63) is 0 Å². The van der Waals surface area contributed by atoms with Gasteiger partial charge in [0.2, 0.25) is 0 Å². The Morgan fingerprint density at radius 1 is 1.15 bits per heavy atom. The van der Waals surface area contributed by atoms with Crippen LogP contribution in [0.25, 0.3) is 0 Å². The fourth-order valence-corrected chi connectivity index (χ4v) is 3.56. The summed E-state index contributed by atoms with van der Waals surface area (Å²) in [6.07, 6.45) is 2.98. The van der Waals surface area contributed by atoms with Gasteiger partial charge in [0, 0.05) is 26.2 Å². The first-order valence-electron chi connectivity index (χ1n) is 7.29. The van der Waals surface area contributed by atoms with Crippen molar-refractivity contribution < 1.29 is 14.7 Å². The first-order chi connectivity index (χ1) is 9.40. The lowest BCUT2D eigenvalue weighted by Crippen LogP contribution is -2.51. The molecule has 0 aromatic carbocycles. The summed E-state index contributed by atoms with van der Waals surface area (Å²) in [5.74, 6) is -0.583. The second-order valence-corrected chi connectivity index (χ2v) is 6.40. The monoisotopic (exact) mass is 283 g/mol. The van der Waals surface area contributed by atoms with Gasteiger partial charge in [0.25, 0.3) is 0 Å². The maximum Gasteiger partial charge on any atom is 0.317 e. The number of likely N-dealkylation sites (N-methyl/N-ethyl adjacent to an activating group) is 2. The van der Waals surface area contributed by atoms with Crippen LogP contribution >= 0.6 is 0 Å². The number of carbonyl (C=O) groups is 2. The molecule has 2 amide bonds. The molecule has 0 aromatic rings. The van der Waals surface area contributed by atoms with E-state index in [1.54, 1.807) is 11.9 Å². The molecule has 6 nitrogen and oxygen atoms in total. The molecule has 0 spiro atoms. The number of carboxylic acids is 1. The van der Waals surface area contributed by atoms with E-state index in [0.29, 0.717) is 12.5 Å². The minimum Gasteiger partial charge on any atom is -0.481 e. The standard InChI is InChI=1S/C14H25N3O3/c1-16(2)6-7-17(3)14(20)15-12-10-5-4-9(8-10)11(12)13(18)19/h9-12H,4-8H2,1-3H3,(H,15,20)(H,18,19). The number of fused-ring (bicyclic) bond motifs is 2. The summed E-state index contributed by atoms with van der Waals surface area (Å²) in [4.78, 5) is 27.2. The predicted octanol–water partition coefficient (Wildman–Crippen LogP) is 0.689. The maximum atomic E-state index is 12.2. The molecule has 20 heavy (non-hydrogen) atoms. The van der Waals surface area contributed by atoms with Gasteiger partial charge in [0.1, 0.15) is 0 Å². The average molecular weight is 283 g/mol. The summed E-state index contributed by atoms with van der Waals surface area (Å²) in [7, 11) is 5.67. The fraction of sp³-hybridized carbons (Fsp3) is 0.857. The van der Waals surface area contributed by atoms with E-state index >= 15 is 0 Å². The zero-order valence-electron chi connectivity index (χ0n) is 12.5.